The van der Waals surface area contributed by atoms with Crippen LogP contribution in [0.4, 0.5) is 0 Å². The maximum absolute atomic E-state index is 12.6. The van der Waals surface area contributed by atoms with Gasteiger partial charge < -0.3 is 14.2 Å². The summed E-state index contributed by atoms with van der Waals surface area (Å²) in [6, 6.07) is 17.5. The fourth-order valence-corrected chi connectivity index (χ4v) is 3.71. The quantitative estimate of drug-likeness (QED) is 0.640. The highest BCUT2D eigenvalue weighted by atomic mass is 16.5. The molecule has 1 aromatic heterocycles. The molecule has 1 fully saturated rings. The van der Waals surface area contributed by atoms with E-state index in [1.807, 2.05) is 59.5 Å². The molecule has 29 heavy (non-hydrogen) atoms. The van der Waals surface area contributed by atoms with Crippen LogP contribution in [0.5, 0.6) is 5.75 Å². The number of likely N-dealkylation sites (tertiary alicyclic amines) is 1. The first-order chi connectivity index (χ1) is 14.2. The number of nitrogens with zero attached hydrogens (tertiary/aromatic N) is 3. The Morgan fingerprint density at radius 1 is 1.10 bits per heavy atom. The maximum atomic E-state index is 12.6. The van der Waals surface area contributed by atoms with Crippen LogP contribution < -0.4 is 4.74 Å². The zero-order chi connectivity index (χ0) is 20.1. The van der Waals surface area contributed by atoms with Crippen LogP contribution in [0.3, 0.4) is 0 Å². The highest BCUT2D eigenvalue weighted by Crippen LogP contribution is 2.23. The van der Waals surface area contributed by atoms with Gasteiger partial charge in [-0.2, -0.15) is 4.98 Å². The fraction of sp³-hybridized carbons (Fsp3) is 0.348. The van der Waals surface area contributed by atoms with Crippen molar-refractivity contribution in [2.75, 3.05) is 20.2 Å². The normalized spacial score (nSPS) is 14.7. The second kappa shape index (κ2) is 8.90. The molecule has 0 saturated carbocycles. The van der Waals surface area contributed by atoms with E-state index in [4.69, 9.17) is 9.26 Å². The van der Waals surface area contributed by atoms with Crippen molar-refractivity contribution >= 4 is 5.91 Å². The van der Waals surface area contributed by atoms with E-state index in [9.17, 15) is 4.79 Å². The minimum absolute atomic E-state index is 0.178. The third-order valence-electron chi connectivity index (χ3n) is 5.45. The van der Waals surface area contributed by atoms with Gasteiger partial charge in [-0.15, -0.1) is 0 Å². The Morgan fingerprint density at radius 2 is 1.83 bits per heavy atom. The zero-order valence-electron chi connectivity index (χ0n) is 16.6. The van der Waals surface area contributed by atoms with Crippen molar-refractivity contribution in [2.24, 2.45) is 5.92 Å². The molecule has 0 N–H and O–H groups in total. The predicted molar refractivity (Wildman–Crippen MR) is 109 cm³/mol. The molecule has 1 amide bonds. The Morgan fingerprint density at radius 3 is 2.52 bits per heavy atom. The standard InChI is InChI=1S/C23H25N3O3/c1-28-20-9-7-17(8-10-20)16-22(27)26-13-11-18(12-14-26)15-21-24-23(25-29-21)19-5-3-2-4-6-19/h2-10,18H,11-16H2,1H3. The minimum Gasteiger partial charge on any atom is -0.497 e. The van der Waals surface area contributed by atoms with Crippen molar-refractivity contribution in [2.45, 2.75) is 25.7 Å². The summed E-state index contributed by atoms with van der Waals surface area (Å²) in [4.78, 5) is 19.1. The number of carbonyl (C=O) groups is 1. The molecular formula is C23H25N3O3. The molecule has 150 valence electrons. The number of piperidine rings is 1. The van der Waals surface area contributed by atoms with E-state index in [-0.39, 0.29) is 5.91 Å². The van der Waals surface area contributed by atoms with Crippen molar-refractivity contribution in [3.05, 3.63) is 66.1 Å². The zero-order valence-corrected chi connectivity index (χ0v) is 16.6. The number of hydrogen-bond donors (Lipinski definition) is 0. The van der Waals surface area contributed by atoms with E-state index >= 15 is 0 Å². The summed E-state index contributed by atoms with van der Waals surface area (Å²) in [5, 5.41) is 4.09. The molecule has 3 aromatic rings. The lowest BCUT2D eigenvalue weighted by Gasteiger charge is -2.31. The lowest BCUT2D eigenvalue weighted by molar-refractivity contribution is -0.131. The summed E-state index contributed by atoms with van der Waals surface area (Å²) in [7, 11) is 1.64. The van der Waals surface area contributed by atoms with Crippen molar-refractivity contribution in [3.8, 4) is 17.1 Å². The number of methoxy groups -OCH3 is 1. The molecule has 2 aromatic carbocycles. The molecule has 0 unspecified atom stereocenters. The van der Waals surface area contributed by atoms with Crippen LogP contribution in [0, 0.1) is 5.92 Å². The Bertz CT molecular complexity index is 930. The molecule has 0 atom stereocenters. The first kappa shape index (κ1) is 19.2. The molecule has 6 nitrogen and oxygen atoms in total. The number of rotatable bonds is 6. The summed E-state index contributed by atoms with van der Waals surface area (Å²) < 4.78 is 10.6. The van der Waals surface area contributed by atoms with Gasteiger partial charge >= 0.3 is 0 Å². The van der Waals surface area contributed by atoms with Crippen molar-refractivity contribution < 1.29 is 14.1 Å². The smallest absolute Gasteiger partial charge is 0.227 e. The second-order valence-electron chi connectivity index (χ2n) is 7.43. The molecule has 6 heteroatoms. The fourth-order valence-electron chi connectivity index (χ4n) is 3.71. The van der Waals surface area contributed by atoms with Crippen LogP contribution >= 0.6 is 0 Å². The lowest BCUT2D eigenvalue weighted by atomic mass is 9.93. The summed E-state index contributed by atoms with van der Waals surface area (Å²) in [6.45, 7) is 1.55. The summed E-state index contributed by atoms with van der Waals surface area (Å²) in [6.07, 6.45) is 3.11. The molecule has 0 aliphatic carbocycles. The molecule has 0 spiro atoms. The number of ether oxygens (including phenoxy) is 1. The van der Waals surface area contributed by atoms with Gasteiger partial charge in [0.05, 0.1) is 13.5 Å². The lowest BCUT2D eigenvalue weighted by Crippen LogP contribution is -2.39. The summed E-state index contributed by atoms with van der Waals surface area (Å²) in [5.41, 5.74) is 1.97. The van der Waals surface area contributed by atoms with E-state index in [1.165, 1.54) is 0 Å². The largest absolute Gasteiger partial charge is 0.497 e. The van der Waals surface area contributed by atoms with E-state index in [2.05, 4.69) is 10.1 Å². The molecule has 1 saturated heterocycles. The Labute approximate surface area is 170 Å². The van der Waals surface area contributed by atoms with E-state index in [0.29, 0.717) is 24.1 Å². The molecule has 4 rings (SSSR count). The van der Waals surface area contributed by atoms with Crippen LogP contribution in [0.15, 0.2) is 59.1 Å². The molecule has 1 aliphatic heterocycles. The highest BCUT2D eigenvalue weighted by molar-refractivity contribution is 5.78. The van der Waals surface area contributed by atoms with E-state index in [0.717, 1.165) is 49.2 Å². The minimum atomic E-state index is 0.178. The van der Waals surface area contributed by atoms with Gasteiger partial charge in [0.2, 0.25) is 17.6 Å². The number of benzene rings is 2. The van der Waals surface area contributed by atoms with Crippen LogP contribution in [-0.4, -0.2) is 41.1 Å². The second-order valence-corrected chi connectivity index (χ2v) is 7.43. The molecule has 0 bridgehead atoms. The Kier molecular flexibility index (Phi) is 5.89. The first-order valence-electron chi connectivity index (χ1n) is 10.00. The monoisotopic (exact) mass is 391 g/mol. The predicted octanol–water partition coefficient (Wildman–Crippen LogP) is 3.77. The summed E-state index contributed by atoms with van der Waals surface area (Å²) >= 11 is 0. The van der Waals surface area contributed by atoms with Gasteiger partial charge in [0.25, 0.3) is 0 Å². The van der Waals surface area contributed by atoms with Gasteiger partial charge in [-0.3, -0.25) is 4.79 Å². The number of hydrogen-bond acceptors (Lipinski definition) is 5. The van der Waals surface area contributed by atoms with E-state index in [1.54, 1.807) is 7.11 Å². The van der Waals surface area contributed by atoms with Gasteiger partial charge in [0.15, 0.2) is 0 Å². The van der Waals surface area contributed by atoms with Gasteiger partial charge in [0, 0.05) is 25.1 Å². The molecular weight excluding hydrogens is 366 g/mol. The Balaban J connectivity index is 1.27. The first-order valence-corrected chi connectivity index (χ1v) is 10.00. The summed E-state index contributed by atoms with van der Waals surface area (Å²) in [5.74, 6) is 2.75. The van der Waals surface area contributed by atoms with Crippen LogP contribution in [0.25, 0.3) is 11.4 Å². The highest BCUT2D eigenvalue weighted by Gasteiger charge is 2.24. The number of amides is 1. The van der Waals surface area contributed by atoms with Crippen LogP contribution in [0.2, 0.25) is 0 Å². The number of aromatic nitrogens is 2. The van der Waals surface area contributed by atoms with Crippen LogP contribution in [0.1, 0.15) is 24.3 Å². The maximum Gasteiger partial charge on any atom is 0.227 e. The third-order valence-corrected chi connectivity index (χ3v) is 5.45. The molecule has 1 aliphatic rings. The van der Waals surface area contributed by atoms with Crippen molar-refractivity contribution in [1.29, 1.82) is 0 Å². The average molecular weight is 391 g/mol. The molecule has 2 heterocycles. The number of carbonyl (C=O) groups excluding carboxylic acids is 1. The van der Waals surface area contributed by atoms with Gasteiger partial charge in [-0.1, -0.05) is 47.6 Å². The van der Waals surface area contributed by atoms with Gasteiger partial charge in [-0.25, -0.2) is 0 Å². The Hall–Kier alpha value is -3.15. The van der Waals surface area contributed by atoms with E-state index < -0.39 is 0 Å². The van der Waals surface area contributed by atoms with Crippen molar-refractivity contribution in [1.82, 2.24) is 15.0 Å². The van der Waals surface area contributed by atoms with Crippen LogP contribution in [-0.2, 0) is 17.6 Å². The SMILES string of the molecule is COc1ccc(CC(=O)N2CCC(Cc3nc(-c4ccccc4)no3)CC2)cc1. The van der Waals surface area contributed by atoms with Crippen molar-refractivity contribution in [3.63, 3.8) is 0 Å². The average Bonchev–Trinajstić information content (AvgIpc) is 3.24. The third kappa shape index (κ3) is 4.83. The topological polar surface area (TPSA) is 68.5 Å². The van der Waals surface area contributed by atoms with Gasteiger partial charge in [-0.05, 0) is 36.5 Å². The molecule has 0 radical (unpaired) electrons. The van der Waals surface area contributed by atoms with Gasteiger partial charge in [0.1, 0.15) is 5.75 Å².